The summed E-state index contributed by atoms with van der Waals surface area (Å²) in [7, 11) is 4.37. The van der Waals surface area contributed by atoms with Gasteiger partial charge in [0.05, 0.1) is 68.0 Å². The van der Waals surface area contributed by atoms with E-state index in [1.165, 1.54) is 79.9 Å². The maximum atomic E-state index is 11.8. The first-order valence-electron chi connectivity index (χ1n) is 46.7. The van der Waals surface area contributed by atoms with Gasteiger partial charge in [0, 0.05) is 104 Å². The second kappa shape index (κ2) is 45.6. The molecule has 3 fully saturated rings. The van der Waals surface area contributed by atoms with E-state index in [1.54, 1.807) is 12.1 Å². The van der Waals surface area contributed by atoms with Crippen molar-refractivity contribution in [3.8, 4) is 17.2 Å². The molecule has 3 saturated heterocycles. The summed E-state index contributed by atoms with van der Waals surface area (Å²) in [4.78, 5) is 25.8. The highest BCUT2D eigenvalue weighted by atomic mass is 16.7. The Bertz CT molecular complexity index is 5090. The van der Waals surface area contributed by atoms with Gasteiger partial charge in [-0.3, -0.25) is 9.59 Å². The van der Waals surface area contributed by atoms with Gasteiger partial charge in [-0.2, -0.15) is 26.4 Å². The fraction of sp³-hybridized carbons (Fsp3) is 0.396. The minimum atomic E-state index is -1.22. The first kappa shape index (κ1) is 95.7. The Kier molecular flexibility index (Phi) is 33.8. The number of nitrogens with zero attached hydrogens (tertiary/aromatic N) is 2. The third kappa shape index (κ3) is 24.4. The molecule has 18 heteroatoms. The second-order valence-corrected chi connectivity index (χ2v) is 36.0. The number of hydrogen-bond donors (Lipinski definition) is 2. The SMILES string of the molecule is C=CC(=C)OCCCC(=O)OCCCOc1ccc(C2OC(C)CC(CC3CC(CC)OC(c4ccc(O)cc4)O3)O2)cc1.CCC(CC(O)CC1CC(CC)OC(c2ccc(OC3=C(C=CC4=[N+](C)c5ccccc5C4(C)C)CCCC3=CC=C3N(C)C4=C(CCC=C4)C3(C)C)cc2)O1)OC(C)=O.c1ccc([B-](c2ccccc2)(c2ccccc2)c2ccccc2)cc1. The number of likely N-dealkylation sites (N-methyl/N-ethyl adjacent to an activating group) is 1. The summed E-state index contributed by atoms with van der Waals surface area (Å²) >= 11 is 0. The third-order valence-corrected chi connectivity index (χ3v) is 26.2. The number of carbonyl (C=O) groups is 2. The Morgan fingerprint density at radius 3 is 1.69 bits per heavy atom. The number of ether oxygens (including phenoxy) is 11. The number of hydrogen-bond acceptors (Lipinski definition) is 16. The molecule has 8 aromatic carbocycles. The van der Waals surface area contributed by atoms with Crippen LogP contribution in [0.25, 0.3) is 0 Å². The molecule has 2 aliphatic carbocycles. The molecule has 7 aliphatic rings. The van der Waals surface area contributed by atoms with Crippen LogP contribution in [0.3, 0.4) is 0 Å². The van der Waals surface area contributed by atoms with E-state index in [9.17, 15) is 19.8 Å². The summed E-state index contributed by atoms with van der Waals surface area (Å²) in [6, 6.07) is 75.0. The Morgan fingerprint density at radius 1 is 0.605 bits per heavy atom. The predicted molar refractivity (Wildman–Crippen MR) is 514 cm³/mol. The van der Waals surface area contributed by atoms with Gasteiger partial charge < -0.3 is 67.2 Å². The highest BCUT2D eigenvalue weighted by Gasteiger charge is 2.44. The third-order valence-electron chi connectivity index (χ3n) is 26.2. The van der Waals surface area contributed by atoms with Crippen LogP contribution in [0.2, 0.25) is 0 Å². The van der Waals surface area contributed by atoms with Gasteiger partial charge in [0.1, 0.15) is 48.1 Å². The zero-order valence-electron chi connectivity index (χ0n) is 77.4. The van der Waals surface area contributed by atoms with Crippen LogP contribution in [-0.4, -0.2) is 126 Å². The summed E-state index contributed by atoms with van der Waals surface area (Å²) in [5, 5.41) is 20.6. The number of para-hydroxylation sites is 1. The molecule has 5 heterocycles. The molecule has 11 unspecified atom stereocenters. The minimum Gasteiger partial charge on any atom is -0.508 e. The fourth-order valence-electron chi connectivity index (χ4n) is 19.4. The van der Waals surface area contributed by atoms with Crippen molar-refractivity contribution in [3.05, 3.63) is 336 Å². The Balaban J connectivity index is 0.000000179. The van der Waals surface area contributed by atoms with E-state index in [1.807, 2.05) is 67.6 Å². The molecule has 2 N–H and O–H groups in total. The van der Waals surface area contributed by atoms with E-state index in [4.69, 9.17) is 52.1 Å². The minimum absolute atomic E-state index is 0.00563. The van der Waals surface area contributed by atoms with Crippen molar-refractivity contribution < 1.29 is 76.5 Å². The fourth-order valence-corrected chi connectivity index (χ4v) is 19.4. The highest BCUT2D eigenvalue weighted by molar-refractivity contribution is 7.19. The lowest BCUT2D eigenvalue weighted by atomic mass is 9.13. The number of aliphatic hydroxyl groups is 1. The second-order valence-electron chi connectivity index (χ2n) is 36.0. The van der Waals surface area contributed by atoms with E-state index in [0.717, 1.165) is 98.2 Å². The summed E-state index contributed by atoms with van der Waals surface area (Å²) < 4.78 is 69.1. The number of carbonyl (C=O) groups excluding carboxylic acids is 2. The number of phenolic OH excluding ortho intramolecular Hbond substituents is 1. The number of allylic oxidation sites excluding steroid dienone is 10. The standard InChI is InChI=1S/C52H67N2O6.C35H46O9.C24H20B/c1-10-39(57-34(3)55)31-38(56)32-42-33-40(11-2)59-50(60-42)37-23-27-41(28-24-37)58-49-35(25-29-47-51(4,5)43-19-12-14-21-45(43)53(47)8)17-16-18-36(49)26-30-48-52(6,7)44-20-13-15-22-46(44)54(48)9;1-5-24(3)38-18-7-9-33(37)40-20-8-19-39-30-16-12-27(13-17-30)34-41-25(4)21-31(43-34)23-32-22-29(6-2)42-35(44-32)26-10-14-28(36)15-11-26;1-5-13-21(14-6-1)25(22-15-7-2-8-16-22,23-17-9-3-10-18-23)24-19-11-4-12-20-24/h12,14-15,19,21-30,38-40,42,50,56H,10-11,13,16-18,20,31-33H2,1-9H3;5,10-17,25,29,31-32,34-36H,1,3,6-9,18-23H2,2,4H3;1-20H/q+1;;-1. The summed E-state index contributed by atoms with van der Waals surface area (Å²) in [6.45, 7) is 27.4. The molecule has 129 heavy (non-hydrogen) atoms. The number of aliphatic hydroxyl groups excluding tert-OH is 1. The van der Waals surface area contributed by atoms with Gasteiger partial charge in [0.2, 0.25) is 5.69 Å². The van der Waals surface area contributed by atoms with Gasteiger partial charge >= 0.3 is 11.9 Å². The van der Waals surface area contributed by atoms with E-state index in [-0.39, 0.29) is 71.2 Å². The van der Waals surface area contributed by atoms with Crippen molar-refractivity contribution in [2.24, 2.45) is 5.41 Å². The normalized spacial score (nSPS) is 22.8. The average molecular weight is 1750 g/mol. The molecule has 0 spiro atoms. The Labute approximate surface area is 765 Å². The summed E-state index contributed by atoms with van der Waals surface area (Å²) in [6.07, 6.45) is 24.3. The van der Waals surface area contributed by atoms with Crippen molar-refractivity contribution in [1.82, 2.24) is 4.90 Å². The quantitative estimate of drug-likeness (QED) is 0.00988. The number of aromatic hydroxyl groups is 1. The Morgan fingerprint density at radius 2 is 1.13 bits per heavy atom. The zero-order chi connectivity index (χ0) is 91.0. The van der Waals surface area contributed by atoms with Crippen LogP contribution in [0, 0.1) is 5.41 Å². The largest absolute Gasteiger partial charge is 0.508 e. The molecule has 680 valence electrons. The number of rotatable bonds is 33. The van der Waals surface area contributed by atoms with Gasteiger partial charge in [-0.05, 0) is 169 Å². The first-order valence-corrected chi connectivity index (χ1v) is 46.7. The molecule has 0 bridgehead atoms. The van der Waals surface area contributed by atoms with Crippen LogP contribution in [0.15, 0.2) is 314 Å². The lowest BCUT2D eigenvalue weighted by molar-refractivity contribution is -0.401. The number of phenols is 1. The van der Waals surface area contributed by atoms with Crippen molar-refractivity contribution in [2.75, 3.05) is 33.9 Å². The van der Waals surface area contributed by atoms with Crippen LogP contribution >= 0.6 is 0 Å². The predicted octanol–water partition coefficient (Wildman–Crippen LogP) is 21.3. The molecule has 15 rings (SSSR count). The van der Waals surface area contributed by atoms with E-state index < -0.39 is 31.1 Å². The van der Waals surface area contributed by atoms with E-state index in [2.05, 4.69) is 267 Å². The molecule has 8 aromatic rings. The van der Waals surface area contributed by atoms with Gasteiger partial charge in [0.15, 0.2) is 24.6 Å². The zero-order valence-corrected chi connectivity index (χ0v) is 77.4. The maximum Gasteiger partial charge on any atom is 0.305 e. The first-order chi connectivity index (χ1) is 62.4. The molecule has 5 aliphatic heterocycles. The van der Waals surface area contributed by atoms with Crippen LogP contribution < -0.4 is 31.3 Å². The topological polar surface area (TPSA) is 182 Å². The average Bonchev–Trinajstić information content (AvgIpc) is 1.39. The molecule has 0 aromatic heterocycles. The maximum absolute atomic E-state index is 11.8. The highest BCUT2D eigenvalue weighted by Crippen LogP contribution is 2.51. The van der Waals surface area contributed by atoms with Gasteiger partial charge in [0.25, 0.3) is 0 Å². The lowest BCUT2D eigenvalue weighted by Gasteiger charge is -2.44. The van der Waals surface area contributed by atoms with Gasteiger partial charge in [-0.15, -0.1) is 0 Å². The van der Waals surface area contributed by atoms with Crippen LogP contribution in [0.5, 0.6) is 17.2 Å². The molecule has 0 saturated carbocycles. The molecule has 17 nitrogen and oxygen atoms in total. The molecule has 0 radical (unpaired) electrons. The summed E-state index contributed by atoms with van der Waals surface area (Å²) in [5.74, 6) is 2.52. The van der Waals surface area contributed by atoms with Crippen molar-refractivity contribution in [2.45, 2.75) is 245 Å². The van der Waals surface area contributed by atoms with Gasteiger partial charge in [-0.25, -0.2) is 0 Å². The van der Waals surface area contributed by atoms with E-state index >= 15 is 0 Å². The Hall–Kier alpha value is -10.9. The molecule has 0 amide bonds. The van der Waals surface area contributed by atoms with Crippen molar-refractivity contribution in [3.63, 3.8) is 0 Å². The van der Waals surface area contributed by atoms with Crippen molar-refractivity contribution in [1.29, 1.82) is 0 Å². The number of benzene rings is 8. The lowest BCUT2D eigenvalue weighted by Crippen LogP contribution is -2.74. The number of esters is 2. The number of fused-ring (bicyclic) bond motifs is 1. The van der Waals surface area contributed by atoms with Gasteiger partial charge in [-0.1, -0.05) is 236 Å². The monoisotopic (exact) mass is 1740 g/mol. The molecular weight excluding hydrogens is 1610 g/mol. The van der Waals surface area contributed by atoms with E-state index in [0.29, 0.717) is 70.5 Å². The van der Waals surface area contributed by atoms with Crippen LogP contribution in [0.1, 0.15) is 213 Å². The van der Waals surface area contributed by atoms with Crippen LogP contribution in [-0.2, 0) is 57.6 Å². The van der Waals surface area contributed by atoms with Crippen molar-refractivity contribution >= 4 is 51.3 Å². The molecule has 11 atom stereocenters. The molecular formula is C111H133BN2O15. The summed E-state index contributed by atoms with van der Waals surface area (Å²) in [5.41, 5.74) is 18.3. The smallest absolute Gasteiger partial charge is 0.305 e. The van der Waals surface area contributed by atoms with Crippen LogP contribution in [0.4, 0.5) is 5.69 Å².